The summed E-state index contributed by atoms with van der Waals surface area (Å²) in [4.78, 5) is 48.0. The highest BCUT2D eigenvalue weighted by Crippen LogP contribution is 2.29. The Hall–Kier alpha value is -5.65. The van der Waals surface area contributed by atoms with Gasteiger partial charge in [0.1, 0.15) is 22.9 Å². The molecule has 0 aliphatic heterocycles. The fourth-order valence-corrected chi connectivity index (χ4v) is 4.25. The Morgan fingerprint density at radius 2 is 1.81 bits per heavy atom. The summed E-state index contributed by atoms with van der Waals surface area (Å²) < 4.78 is 23.4. The Morgan fingerprint density at radius 3 is 2.45 bits per heavy atom. The molecular formula is C30H26FN7O4. The van der Waals surface area contributed by atoms with Gasteiger partial charge in [0.2, 0.25) is 0 Å². The minimum absolute atomic E-state index is 0.147. The molecule has 212 valence electrons. The van der Waals surface area contributed by atoms with Gasteiger partial charge in [0.25, 0.3) is 11.5 Å². The fourth-order valence-electron chi connectivity index (χ4n) is 4.25. The zero-order valence-corrected chi connectivity index (χ0v) is 22.7. The first kappa shape index (κ1) is 27.9. The van der Waals surface area contributed by atoms with Gasteiger partial charge in [-0.2, -0.15) is 0 Å². The Labute approximate surface area is 239 Å². The van der Waals surface area contributed by atoms with Gasteiger partial charge in [0.05, 0.1) is 23.4 Å². The Balaban J connectivity index is 1.39. The van der Waals surface area contributed by atoms with E-state index in [0.29, 0.717) is 22.9 Å². The van der Waals surface area contributed by atoms with Crippen molar-refractivity contribution in [1.82, 2.24) is 23.7 Å². The van der Waals surface area contributed by atoms with Crippen molar-refractivity contribution < 1.29 is 13.9 Å². The molecule has 0 unspecified atom stereocenters. The molecule has 2 N–H and O–H groups in total. The molecule has 3 aromatic heterocycles. The molecule has 0 radical (unpaired) electrons. The molecule has 3 heterocycles. The van der Waals surface area contributed by atoms with Crippen LogP contribution in [-0.2, 0) is 20.0 Å². The number of hydrogen-bond acceptors (Lipinski definition) is 7. The van der Waals surface area contributed by atoms with Crippen LogP contribution >= 0.6 is 0 Å². The quantitative estimate of drug-likeness (QED) is 0.256. The highest BCUT2D eigenvalue weighted by atomic mass is 19.1. The van der Waals surface area contributed by atoms with Crippen LogP contribution in [0.15, 0.2) is 89.1 Å². The maximum absolute atomic E-state index is 13.4. The van der Waals surface area contributed by atoms with Crippen molar-refractivity contribution in [1.29, 1.82) is 5.41 Å². The topological polar surface area (TPSA) is 137 Å². The second kappa shape index (κ2) is 11.8. The number of benzene rings is 2. The molecule has 5 aromatic rings. The number of rotatable bonds is 9. The predicted octanol–water partition coefficient (Wildman–Crippen LogP) is 4.19. The number of aryl methyl sites for hydroxylation is 2. The summed E-state index contributed by atoms with van der Waals surface area (Å²) in [5.41, 5.74) is 0.859. The minimum Gasteiger partial charge on any atom is -0.455 e. The van der Waals surface area contributed by atoms with E-state index >= 15 is 0 Å². The molecule has 0 saturated heterocycles. The van der Waals surface area contributed by atoms with E-state index < -0.39 is 23.0 Å². The number of carbonyl (C=O) groups is 1. The van der Waals surface area contributed by atoms with Crippen molar-refractivity contribution in [2.45, 2.75) is 19.9 Å². The second-order valence-electron chi connectivity index (χ2n) is 9.31. The monoisotopic (exact) mass is 567 g/mol. The summed E-state index contributed by atoms with van der Waals surface area (Å²) in [7, 11) is 1.87. The van der Waals surface area contributed by atoms with Crippen molar-refractivity contribution in [2.24, 2.45) is 7.05 Å². The van der Waals surface area contributed by atoms with E-state index in [-0.39, 0.29) is 24.2 Å². The predicted molar refractivity (Wildman–Crippen MR) is 155 cm³/mol. The largest absolute Gasteiger partial charge is 0.455 e. The third-order valence-corrected chi connectivity index (χ3v) is 6.39. The van der Waals surface area contributed by atoms with Gasteiger partial charge in [-0.15, -0.1) is 0 Å². The molecule has 42 heavy (non-hydrogen) atoms. The third-order valence-electron chi connectivity index (χ3n) is 6.39. The van der Waals surface area contributed by atoms with Crippen LogP contribution in [0.3, 0.4) is 0 Å². The summed E-state index contributed by atoms with van der Waals surface area (Å²) in [6.45, 7) is 1.92. The number of nitrogens with one attached hydrogen (secondary N) is 2. The van der Waals surface area contributed by atoms with Crippen molar-refractivity contribution in [3.05, 3.63) is 117 Å². The molecule has 0 saturated carbocycles. The van der Waals surface area contributed by atoms with Gasteiger partial charge in [0.15, 0.2) is 0 Å². The Bertz CT molecular complexity index is 1890. The number of anilines is 1. The highest BCUT2D eigenvalue weighted by Gasteiger charge is 2.19. The van der Waals surface area contributed by atoms with Crippen molar-refractivity contribution in [3.63, 3.8) is 0 Å². The molecule has 0 atom stereocenters. The molecular weight excluding hydrogens is 541 g/mol. The fraction of sp³-hybridized carbons (Fsp3) is 0.133. The van der Waals surface area contributed by atoms with Crippen molar-refractivity contribution >= 4 is 17.8 Å². The van der Waals surface area contributed by atoms with Crippen LogP contribution in [0, 0.1) is 11.2 Å². The number of imidazole rings is 1. The van der Waals surface area contributed by atoms with E-state index in [9.17, 15) is 18.8 Å². The third kappa shape index (κ3) is 5.77. The Kier molecular flexibility index (Phi) is 7.87. The normalized spacial score (nSPS) is 10.8. The second-order valence-corrected chi connectivity index (χ2v) is 9.31. The molecule has 2 aromatic carbocycles. The molecule has 12 heteroatoms. The number of ether oxygens (including phenoxy) is 1. The van der Waals surface area contributed by atoms with Crippen LogP contribution in [0.5, 0.6) is 11.5 Å². The lowest BCUT2D eigenvalue weighted by Crippen LogP contribution is -2.42. The van der Waals surface area contributed by atoms with Crippen LogP contribution in [0.4, 0.5) is 10.1 Å². The standard InChI is InChI=1S/C30H26FN7O4/c1-3-37-16-24(29(40)38(30(37)41)22-8-4-20(31)5-9-22)28(39)35-21-6-10-23(11-7-21)42-27-14-19(15-33-25(27)12-13-32)26-17-36(2)18-34-26/h4-11,13-18,32H,3,12H2,1-2H3,(H,35,39). The summed E-state index contributed by atoms with van der Waals surface area (Å²) in [5, 5.41) is 10.2. The average molecular weight is 568 g/mol. The number of pyridine rings is 1. The van der Waals surface area contributed by atoms with E-state index in [1.54, 1.807) is 49.8 Å². The van der Waals surface area contributed by atoms with Crippen LogP contribution in [-0.4, -0.2) is 35.8 Å². The lowest BCUT2D eigenvalue weighted by atomic mass is 10.1. The van der Waals surface area contributed by atoms with E-state index in [0.717, 1.165) is 28.0 Å². The first-order valence-electron chi connectivity index (χ1n) is 12.9. The average Bonchev–Trinajstić information content (AvgIpc) is 3.42. The van der Waals surface area contributed by atoms with Gasteiger partial charge < -0.3 is 20.0 Å². The summed E-state index contributed by atoms with van der Waals surface area (Å²) >= 11 is 0. The van der Waals surface area contributed by atoms with Gasteiger partial charge in [-0.05, 0) is 61.5 Å². The summed E-state index contributed by atoms with van der Waals surface area (Å²) in [6, 6.07) is 13.2. The molecule has 0 bridgehead atoms. The molecule has 11 nitrogen and oxygen atoms in total. The van der Waals surface area contributed by atoms with Gasteiger partial charge in [-0.3, -0.25) is 19.1 Å². The maximum Gasteiger partial charge on any atom is 0.335 e. The Morgan fingerprint density at radius 1 is 1.07 bits per heavy atom. The molecule has 0 spiro atoms. The SMILES string of the molecule is CCn1cc(C(=O)Nc2ccc(Oc3cc(-c4cn(C)cn4)cnc3CC=N)cc2)c(=O)n(-c2ccc(F)cc2)c1=O. The summed E-state index contributed by atoms with van der Waals surface area (Å²) in [6.07, 6.45) is 7.95. The molecule has 0 aliphatic carbocycles. The minimum atomic E-state index is -0.826. The summed E-state index contributed by atoms with van der Waals surface area (Å²) in [5.74, 6) is -0.321. The van der Waals surface area contributed by atoms with Gasteiger partial charge in [-0.25, -0.2) is 18.7 Å². The van der Waals surface area contributed by atoms with Crippen LogP contribution in [0.2, 0.25) is 0 Å². The lowest BCUT2D eigenvalue weighted by Gasteiger charge is -2.13. The van der Waals surface area contributed by atoms with Crippen LogP contribution in [0.1, 0.15) is 23.0 Å². The number of halogens is 1. The zero-order chi connectivity index (χ0) is 29.8. The maximum atomic E-state index is 13.4. The van der Waals surface area contributed by atoms with Crippen molar-refractivity contribution in [2.75, 3.05) is 5.32 Å². The van der Waals surface area contributed by atoms with Crippen molar-refractivity contribution in [3.8, 4) is 28.4 Å². The first-order chi connectivity index (χ1) is 20.3. The highest BCUT2D eigenvalue weighted by molar-refractivity contribution is 6.03. The number of hydrogen-bond donors (Lipinski definition) is 2. The number of aromatic nitrogens is 5. The zero-order valence-electron chi connectivity index (χ0n) is 22.7. The number of carbonyl (C=O) groups excluding carboxylic acids is 1. The number of amides is 1. The van der Waals surface area contributed by atoms with Gasteiger partial charge in [-0.1, -0.05) is 0 Å². The van der Waals surface area contributed by atoms with E-state index in [4.69, 9.17) is 10.1 Å². The van der Waals surface area contributed by atoms with Gasteiger partial charge >= 0.3 is 5.69 Å². The van der Waals surface area contributed by atoms with Gasteiger partial charge in [0, 0.05) is 56.1 Å². The number of nitrogens with zero attached hydrogens (tertiary/aromatic N) is 5. The smallest absolute Gasteiger partial charge is 0.335 e. The van der Waals surface area contributed by atoms with Crippen LogP contribution in [0.25, 0.3) is 16.9 Å². The van der Waals surface area contributed by atoms with E-state index in [2.05, 4.69) is 15.3 Å². The van der Waals surface area contributed by atoms with Crippen LogP contribution < -0.4 is 21.3 Å². The lowest BCUT2D eigenvalue weighted by molar-refractivity contribution is 0.102. The molecule has 1 amide bonds. The van der Waals surface area contributed by atoms with E-state index in [1.165, 1.54) is 29.1 Å². The molecule has 0 aliphatic rings. The van der Waals surface area contributed by atoms with E-state index in [1.807, 2.05) is 17.8 Å². The molecule has 5 rings (SSSR count). The first-order valence-corrected chi connectivity index (χ1v) is 12.9. The molecule has 0 fully saturated rings.